The third-order valence-corrected chi connectivity index (χ3v) is 7.32. The van der Waals surface area contributed by atoms with Crippen molar-refractivity contribution >= 4 is 44.1 Å². The van der Waals surface area contributed by atoms with E-state index < -0.39 is 29.3 Å². The number of benzene rings is 3. The summed E-state index contributed by atoms with van der Waals surface area (Å²) in [5.41, 5.74) is 3.18. The number of amides is 1. The Morgan fingerprint density at radius 1 is 1.05 bits per heavy atom. The zero-order valence-electron chi connectivity index (χ0n) is 20.5. The Labute approximate surface area is 216 Å². The van der Waals surface area contributed by atoms with Crippen LogP contribution < -0.4 is 14.4 Å². The number of aliphatic hydroxyl groups excluding tert-OH is 1. The third-order valence-electron chi connectivity index (χ3n) is 6.31. The number of thiazole rings is 1. The molecule has 1 atom stereocenters. The summed E-state index contributed by atoms with van der Waals surface area (Å²) in [6, 6.07) is 13.0. The number of carbonyl (C=O) groups is 2. The van der Waals surface area contributed by atoms with Gasteiger partial charge in [0.2, 0.25) is 0 Å². The van der Waals surface area contributed by atoms with Gasteiger partial charge in [0.05, 0.1) is 30.0 Å². The van der Waals surface area contributed by atoms with Crippen LogP contribution >= 0.6 is 11.3 Å². The maximum absolute atomic E-state index is 13.6. The van der Waals surface area contributed by atoms with Crippen LogP contribution in [0.25, 0.3) is 16.0 Å². The number of fused-ring (bicyclic) bond motifs is 1. The minimum atomic E-state index is -1.07. The number of aryl methyl sites for hydroxylation is 2. The van der Waals surface area contributed by atoms with Crippen LogP contribution in [0, 0.1) is 19.7 Å². The number of Topliss-reactive ketones (excluding diaryl/α,β-unsaturated/α-hetero) is 1. The van der Waals surface area contributed by atoms with E-state index in [1.807, 2.05) is 26.0 Å². The highest BCUT2D eigenvalue weighted by atomic mass is 32.1. The minimum absolute atomic E-state index is 0.157. The normalized spacial score (nSPS) is 17.0. The standard InChI is InChI=1S/C28H23FN2O5S/c1-14-12-15(2)22-20(13-14)37-28(30-22)31-23(18-6-5-7-19(35-3)26(18)36-4)21(25(33)27(31)34)24(32)16-8-10-17(29)11-9-16/h5-13,23,32H,1-4H3. The molecule has 1 fully saturated rings. The molecule has 1 N–H and O–H groups in total. The van der Waals surface area contributed by atoms with E-state index >= 15 is 0 Å². The first kappa shape index (κ1) is 24.5. The molecule has 0 saturated carbocycles. The lowest BCUT2D eigenvalue weighted by Crippen LogP contribution is -2.29. The first-order valence-corrected chi connectivity index (χ1v) is 12.2. The monoisotopic (exact) mass is 518 g/mol. The summed E-state index contributed by atoms with van der Waals surface area (Å²) < 4.78 is 25.5. The van der Waals surface area contributed by atoms with E-state index in [0.717, 1.165) is 21.3 Å². The van der Waals surface area contributed by atoms with Crippen molar-refractivity contribution in [2.75, 3.05) is 19.1 Å². The van der Waals surface area contributed by atoms with Crippen molar-refractivity contribution in [2.45, 2.75) is 19.9 Å². The lowest BCUT2D eigenvalue weighted by molar-refractivity contribution is -0.132. The quantitative estimate of drug-likeness (QED) is 0.207. The second-order valence-corrected chi connectivity index (χ2v) is 9.69. The van der Waals surface area contributed by atoms with Crippen molar-refractivity contribution < 1.29 is 28.6 Å². The van der Waals surface area contributed by atoms with Crippen LogP contribution in [0.5, 0.6) is 11.5 Å². The predicted octanol–water partition coefficient (Wildman–Crippen LogP) is 5.70. The number of halogens is 1. The highest BCUT2D eigenvalue weighted by Gasteiger charge is 2.49. The zero-order valence-corrected chi connectivity index (χ0v) is 21.4. The number of ether oxygens (including phenoxy) is 2. The van der Waals surface area contributed by atoms with Gasteiger partial charge in [0.15, 0.2) is 16.6 Å². The number of anilines is 1. The summed E-state index contributed by atoms with van der Waals surface area (Å²) in [5, 5.41) is 11.6. The zero-order chi connectivity index (χ0) is 26.4. The molecule has 1 unspecified atom stereocenters. The molecular weight excluding hydrogens is 495 g/mol. The highest BCUT2D eigenvalue weighted by Crippen LogP contribution is 2.48. The smallest absolute Gasteiger partial charge is 0.301 e. The van der Waals surface area contributed by atoms with E-state index in [0.29, 0.717) is 22.2 Å². The molecule has 37 heavy (non-hydrogen) atoms. The molecule has 0 bridgehead atoms. The summed E-state index contributed by atoms with van der Waals surface area (Å²) in [4.78, 5) is 33.0. The Morgan fingerprint density at radius 3 is 2.46 bits per heavy atom. The summed E-state index contributed by atoms with van der Waals surface area (Å²) in [5.74, 6) is -1.95. The van der Waals surface area contributed by atoms with Gasteiger partial charge in [-0.25, -0.2) is 9.37 Å². The van der Waals surface area contributed by atoms with Gasteiger partial charge in [0, 0.05) is 11.1 Å². The van der Waals surface area contributed by atoms with Gasteiger partial charge in [-0.1, -0.05) is 29.5 Å². The van der Waals surface area contributed by atoms with Crippen molar-refractivity contribution in [3.8, 4) is 11.5 Å². The number of carbonyl (C=O) groups excluding carboxylic acids is 2. The largest absolute Gasteiger partial charge is 0.507 e. The lowest BCUT2D eigenvalue weighted by Gasteiger charge is -2.25. The van der Waals surface area contributed by atoms with E-state index in [1.165, 1.54) is 54.7 Å². The van der Waals surface area contributed by atoms with Gasteiger partial charge in [0.1, 0.15) is 17.6 Å². The Balaban J connectivity index is 1.80. The van der Waals surface area contributed by atoms with Gasteiger partial charge in [-0.15, -0.1) is 0 Å². The number of rotatable bonds is 5. The number of hydrogen-bond donors (Lipinski definition) is 1. The van der Waals surface area contributed by atoms with Gasteiger partial charge < -0.3 is 14.6 Å². The highest BCUT2D eigenvalue weighted by molar-refractivity contribution is 7.22. The van der Waals surface area contributed by atoms with Crippen LogP contribution in [0.3, 0.4) is 0 Å². The fourth-order valence-corrected chi connectivity index (χ4v) is 5.84. The number of aliphatic hydroxyl groups is 1. The summed E-state index contributed by atoms with van der Waals surface area (Å²) in [7, 11) is 2.94. The average Bonchev–Trinajstić information content (AvgIpc) is 3.42. The molecule has 188 valence electrons. The summed E-state index contributed by atoms with van der Waals surface area (Å²) >= 11 is 1.28. The minimum Gasteiger partial charge on any atom is -0.507 e. The number of ketones is 1. The topological polar surface area (TPSA) is 89.0 Å². The van der Waals surface area contributed by atoms with E-state index in [4.69, 9.17) is 14.5 Å². The average molecular weight is 519 g/mol. The van der Waals surface area contributed by atoms with E-state index in [-0.39, 0.29) is 11.1 Å². The van der Waals surface area contributed by atoms with Crippen molar-refractivity contribution in [3.63, 3.8) is 0 Å². The maximum atomic E-state index is 13.6. The molecule has 0 radical (unpaired) electrons. The number of para-hydroxylation sites is 1. The summed E-state index contributed by atoms with van der Waals surface area (Å²) in [6.07, 6.45) is 0. The molecule has 4 aromatic rings. The van der Waals surface area contributed by atoms with Gasteiger partial charge in [0.25, 0.3) is 5.78 Å². The van der Waals surface area contributed by atoms with Crippen LogP contribution in [0.4, 0.5) is 9.52 Å². The molecule has 1 saturated heterocycles. The molecule has 9 heteroatoms. The molecule has 2 heterocycles. The van der Waals surface area contributed by atoms with Crippen molar-refractivity contribution in [3.05, 3.63) is 88.2 Å². The Bertz CT molecular complexity index is 1590. The van der Waals surface area contributed by atoms with Crippen molar-refractivity contribution in [2.24, 2.45) is 0 Å². The second kappa shape index (κ2) is 9.33. The molecule has 1 aliphatic rings. The fourth-order valence-electron chi connectivity index (χ4n) is 4.68. The van der Waals surface area contributed by atoms with E-state index in [2.05, 4.69) is 0 Å². The molecule has 0 aliphatic carbocycles. The first-order chi connectivity index (χ1) is 17.7. The molecule has 7 nitrogen and oxygen atoms in total. The lowest BCUT2D eigenvalue weighted by atomic mass is 9.94. The summed E-state index contributed by atoms with van der Waals surface area (Å²) in [6.45, 7) is 3.91. The molecule has 3 aromatic carbocycles. The van der Waals surface area contributed by atoms with E-state index in [9.17, 15) is 19.1 Å². The van der Waals surface area contributed by atoms with Crippen molar-refractivity contribution in [1.82, 2.24) is 4.98 Å². The van der Waals surface area contributed by atoms with E-state index in [1.54, 1.807) is 18.2 Å². The Hall–Kier alpha value is -4.24. The first-order valence-electron chi connectivity index (χ1n) is 11.4. The Kier molecular flexibility index (Phi) is 6.16. The second-order valence-electron chi connectivity index (χ2n) is 8.68. The van der Waals surface area contributed by atoms with Gasteiger partial charge in [-0.2, -0.15) is 0 Å². The molecular formula is C28H23FN2O5S. The third kappa shape index (κ3) is 4.01. The number of hydrogen-bond acceptors (Lipinski definition) is 7. The molecule has 0 spiro atoms. The van der Waals surface area contributed by atoms with Gasteiger partial charge in [-0.05, 0) is 61.4 Å². The number of nitrogens with zero attached hydrogens (tertiary/aromatic N) is 2. The van der Waals surface area contributed by atoms with Crippen LogP contribution in [0.15, 0.2) is 60.2 Å². The number of aromatic nitrogens is 1. The predicted molar refractivity (Wildman–Crippen MR) is 140 cm³/mol. The van der Waals surface area contributed by atoms with Gasteiger partial charge in [-0.3, -0.25) is 14.5 Å². The van der Waals surface area contributed by atoms with Gasteiger partial charge >= 0.3 is 5.91 Å². The Morgan fingerprint density at radius 2 is 1.78 bits per heavy atom. The van der Waals surface area contributed by atoms with Crippen molar-refractivity contribution in [1.29, 1.82) is 0 Å². The number of methoxy groups -OCH3 is 2. The fraction of sp³-hybridized carbons (Fsp3) is 0.179. The van der Waals surface area contributed by atoms with Crippen LogP contribution in [-0.2, 0) is 9.59 Å². The van der Waals surface area contributed by atoms with Crippen LogP contribution in [0.1, 0.15) is 28.3 Å². The molecule has 5 rings (SSSR count). The molecule has 1 aromatic heterocycles. The van der Waals surface area contributed by atoms with Crippen LogP contribution in [-0.4, -0.2) is 36.0 Å². The SMILES string of the molecule is COc1cccc(C2C(=C(O)c3ccc(F)cc3)C(=O)C(=O)N2c2nc3c(C)cc(C)cc3s2)c1OC. The molecule has 1 amide bonds. The van der Waals surface area contributed by atoms with Crippen LogP contribution in [0.2, 0.25) is 0 Å². The molecule has 1 aliphatic heterocycles. The maximum Gasteiger partial charge on any atom is 0.301 e.